The fourth-order valence-electron chi connectivity index (χ4n) is 1.88. The van der Waals surface area contributed by atoms with Crippen molar-refractivity contribution >= 4 is 22.7 Å². The second kappa shape index (κ2) is 4.59. The first-order valence-corrected chi connectivity index (χ1v) is 6.42. The molecule has 1 aromatic heterocycles. The minimum absolute atomic E-state index is 0.695. The van der Waals surface area contributed by atoms with Gasteiger partial charge in [0.2, 0.25) is 0 Å². The molecule has 0 bridgehead atoms. The molecule has 0 atom stereocenters. The fourth-order valence-corrected chi connectivity index (χ4v) is 2.76. The summed E-state index contributed by atoms with van der Waals surface area (Å²) in [6.07, 6.45) is 1.75. The Hall–Kier alpha value is -2.18. The summed E-state index contributed by atoms with van der Waals surface area (Å²) in [5.41, 5.74) is 1.70. The highest BCUT2D eigenvalue weighted by atomic mass is 32.2. The first-order valence-electron chi connectivity index (χ1n) is 5.61. The molecule has 3 heteroatoms. The van der Waals surface area contributed by atoms with Gasteiger partial charge in [0.15, 0.2) is 0 Å². The zero-order chi connectivity index (χ0) is 12.4. The standard InChI is InChI=1S/C15H10N2S/c16-9-11-10-17-15-7-6-13(8-14(11)15)18-12-4-2-1-3-5-12/h1-8,10,17H. The summed E-state index contributed by atoms with van der Waals surface area (Å²) in [5, 5.41) is 10.0. The normalized spacial score (nSPS) is 10.4. The summed E-state index contributed by atoms with van der Waals surface area (Å²) >= 11 is 1.70. The van der Waals surface area contributed by atoms with Gasteiger partial charge in [0.1, 0.15) is 6.07 Å². The number of hydrogen-bond donors (Lipinski definition) is 1. The van der Waals surface area contributed by atoms with Crippen LogP contribution in [0.5, 0.6) is 0 Å². The lowest BCUT2D eigenvalue weighted by atomic mass is 10.2. The van der Waals surface area contributed by atoms with Gasteiger partial charge in [-0.1, -0.05) is 30.0 Å². The Morgan fingerprint density at radius 3 is 2.61 bits per heavy atom. The van der Waals surface area contributed by atoms with Gasteiger partial charge in [-0.25, -0.2) is 0 Å². The molecule has 2 aromatic carbocycles. The van der Waals surface area contributed by atoms with Crippen LogP contribution in [0.15, 0.2) is 64.5 Å². The molecule has 1 N–H and O–H groups in total. The monoisotopic (exact) mass is 250 g/mol. The molecule has 0 fully saturated rings. The van der Waals surface area contributed by atoms with E-state index in [9.17, 15) is 0 Å². The summed E-state index contributed by atoms with van der Waals surface area (Å²) in [4.78, 5) is 5.44. The van der Waals surface area contributed by atoms with E-state index in [1.54, 1.807) is 18.0 Å². The Balaban J connectivity index is 2.01. The number of nitrogens with zero attached hydrogens (tertiary/aromatic N) is 1. The van der Waals surface area contributed by atoms with Crippen LogP contribution in [-0.2, 0) is 0 Å². The van der Waals surface area contributed by atoms with Crippen molar-refractivity contribution in [3.05, 3.63) is 60.3 Å². The van der Waals surface area contributed by atoms with E-state index in [4.69, 9.17) is 5.26 Å². The Labute approximate surface area is 109 Å². The van der Waals surface area contributed by atoms with Crippen molar-refractivity contribution < 1.29 is 0 Å². The molecular formula is C15H10N2S. The molecular weight excluding hydrogens is 240 g/mol. The van der Waals surface area contributed by atoms with Crippen molar-refractivity contribution in [2.45, 2.75) is 9.79 Å². The van der Waals surface area contributed by atoms with Crippen LogP contribution in [-0.4, -0.2) is 4.98 Å². The summed E-state index contributed by atoms with van der Waals surface area (Å²) in [6, 6.07) is 18.6. The minimum Gasteiger partial charge on any atom is -0.360 e. The third-order valence-corrected chi connectivity index (χ3v) is 3.75. The van der Waals surface area contributed by atoms with Gasteiger partial charge in [-0.2, -0.15) is 5.26 Å². The van der Waals surface area contributed by atoms with E-state index >= 15 is 0 Å². The summed E-state index contributed by atoms with van der Waals surface area (Å²) in [6.45, 7) is 0. The minimum atomic E-state index is 0.695. The zero-order valence-corrected chi connectivity index (χ0v) is 10.4. The van der Waals surface area contributed by atoms with E-state index < -0.39 is 0 Å². The van der Waals surface area contributed by atoms with Gasteiger partial charge in [-0.15, -0.1) is 0 Å². The summed E-state index contributed by atoms with van der Waals surface area (Å²) < 4.78 is 0. The lowest BCUT2D eigenvalue weighted by Crippen LogP contribution is -1.75. The number of benzene rings is 2. The Bertz CT molecular complexity index is 723. The van der Waals surface area contributed by atoms with Crippen LogP contribution in [0, 0.1) is 11.3 Å². The molecule has 2 nitrogen and oxygen atoms in total. The SMILES string of the molecule is N#Cc1c[nH]c2ccc(Sc3ccccc3)cc12. The molecule has 0 spiro atoms. The number of H-pyrrole nitrogens is 1. The number of fused-ring (bicyclic) bond motifs is 1. The smallest absolute Gasteiger partial charge is 0.101 e. The molecule has 3 aromatic rings. The molecule has 0 saturated carbocycles. The fraction of sp³-hybridized carbons (Fsp3) is 0. The largest absolute Gasteiger partial charge is 0.360 e. The van der Waals surface area contributed by atoms with Gasteiger partial charge >= 0.3 is 0 Å². The van der Waals surface area contributed by atoms with Gasteiger partial charge in [0.05, 0.1) is 5.56 Å². The highest BCUT2D eigenvalue weighted by Crippen LogP contribution is 2.30. The number of aromatic amines is 1. The number of nitrogens with one attached hydrogen (secondary N) is 1. The molecule has 0 radical (unpaired) electrons. The second-order valence-electron chi connectivity index (χ2n) is 3.94. The summed E-state index contributed by atoms with van der Waals surface area (Å²) in [5.74, 6) is 0. The maximum absolute atomic E-state index is 9.03. The maximum Gasteiger partial charge on any atom is 0.101 e. The first kappa shape index (κ1) is 10.9. The van der Waals surface area contributed by atoms with E-state index in [0.29, 0.717) is 5.56 Å². The second-order valence-corrected chi connectivity index (χ2v) is 5.08. The lowest BCUT2D eigenvalue weighted by molar-refractivity contribution is 1.41. The molecule has 0 saturated heterocycles. The Morgan fingerprint density at radius 1 is 1.00 bits per heavy atom. The number of nitriles is 1. The highest BCUT2D eigenvalue weighted by molar-refractivity contribution is 7.99. The van der Waals surface area contributed by atoms with E-state index in [-0.39, 0.29) is 0 Å². The average molecular weight is 250 g/mol. The van der Waals surface area contributed by atoms with E-state index in [1.165, 1.54) is 4.90 Å². The van der Waals surface area contributed by atoms with E-state index in [0.717, 1.165) is 15.8 Å². The first-order chi connectivity index (χ1) is 8.86. The van der Waals surface area contributed by atoms with Crippen molar-refractivity contribution in [2.75, 3.05) is 0 Å². The van der Waals surface area contributed by atoms with Crippen LogP contribution in [0.3, 0.4) is 0 Å². The molecule has 3 rings (SSSR count). The zero-order valence-electron chi connectivity index (χ0n) is 9.55. The topological polar surface area (TPSA) is 39.6 Å². The average Bonchev–Trinajstić information content (AvgIpc) is 2.82. The number of hydrogen-bond acceptors (Lipinski definition) is 2. The molecule has 0 aliphatic rings. The Kier molecular flexibility index (Phi) is 2.79. The lowest BCUT2D eigenvalue weighted by Gasteiger charge is -2.01. The number of aromatic nitrogens is 1. The number of rotatable bonds is 2. The van der Waals surface area contributed by atoms with Gasteiger partial charge in [0, 0.05) is 26.9 Å². The van der Waals surface area contributed by atoms with Crippen LogP contribution >= 0.6 is 11.8 Å². The maximum atomic E-state index is 9.03. The predicted octanol–water partition coefficient (Wildman–Crippen LogP) is 4.19. The summed E-state index contributed by atoms with van der Waals surface area (Å²) in [7, 11) is 0. The third kappa shape index (κ3) is 1.99. The van der Waals surface area contributed by atoms with Gasteiger partial charge in [-0.3, -0.25) is 0 Å². The molecule has 1 heterocycles. The molecule has 0 aliphatic carbocycles. The predicted molar refractivity (Wildman–Crippen MR) is 73.6 cm³/mol. The van der Waals surface area contributed by atoms with Gasteiger partial charge in [-0.05, 0) is 30.3 Å². The van der Waals surface area contributed by atoms with Crippen LogP contribution in [0.25, 0.3) is 10.9 Å². The molecule has 86 valence electrons. The van der Waals surface area contributed by atoms with Crippen LogP contribution in [0.1, 0.15) is 5.56 Å². The molecule has 0 amide bonds. The van der Waals surface area contributed by atoms with E-state index in [1.807, 2.05) is 24.3 Å². The highest BCUT2D eigenvalue weighted by Gasteiger charge is 2.04. The van der Waals surface area contributed by atoms with Crippen LogP contribution in [0.2, 0.25) is 0 Å². The van der Waals surface area contributed by atoms with Gasteiger partial charge < -0.3 is 4.98 Å². The molecule has 0 aliphatic heterocycles. The van der Waals surface area contributed by atoms with E-state index in [2.05, 4.69) is 35.3 Å². The van der Waals surface area contributed by atoms with Gasteiger partial charge in [0.25, 0.3) is 0 Å². The molecule has 18 heavy (non-hydrogen) atoms. The van der Waals surface area contributed by atoms with Crippen LogP contribution < -0.4 is 0 Å². The van der Waals surface area contributed by atoms with Crippen molar-refractivity contribution in [1.29, 1.82) is 5.26 Å². The molecule has 0 unspecified atom stereocenters. The van der Waals surface area contributed by atoms with Crippen molar-refractivity contribution in [3.63, 3.8) is 0 Å². The quantitative estimate of drug-likeness (QED) is 0.740. The van der Waals surface area contributed by atoms with Crippen molar-refractivity contribution in [3.8, 4) is 6.07 Å². The van der Waals surface area contributed by atoms with Crippen molar-refractivity contribution in [1.82, 2.24) is 4.98 Å². The van der Waals surface area contributed by atoms with Crippen molar-refractivity contribution in [2.24, 2.45) is 0 Å². The Morgan fingerprint density at radius 2 is 1.83 bits per heavy atom. The van der Waals surface area contributed by atoms with Crippen LogP contribution in [0.4, 0.5) is 0 Å². The third-order valence-electron chi connectivity index (χ3n) is 2.75.